The molecule has 6 nitrogen and oxygen atoms in total. The van der Waals surface area contributed by atoms with Gasteiger partial charge < -0.3 is 10.4 Å². The van der Waals surface area contributed by atoms with Gasteiger partial charge in [0.05, 0.1) is 12.3 Å². The van der Waals surface area contributed by atoms with Crippen LogP contribution in [0.2, 0.25) is 5.02 Å². The Morgan fingerprint density at radius 1 is 0.968 bits per heavy atom. The molecule has 1 heterocycles. The van der Waals surface area contributed by atoms with Crippen molar-refractivity contribution >= 4 is 35.0 Å². The predicted molar refractivity (Wildman–Crippen MR) is 123 cm³/mol. The molecule has 0 aliphatic heterocycles. The predicted octanol–water partition coefficient (Wildman–Crippen LogP) is 5.08. The van der Waals surface area contributed by atoms with E-state index in [1.807, 2.05) is 34.9 Å². The molecule has 1 amide bonds. The van der Waals surface area contributed by atoms with Crippen molar-refractivity contribution in [3.8, 4) is 17.1 Å². The average molecular weight is 451 g/mol. The van der Waals surface area contributed by atoms with Gasteiger partial charge in [-0.2, -0.15) is 0 Å². The Balaban J connectivity index is 1.54. The van der Waals surface area contributed by atoms with Gasteiger partial charge >= 0.3 is 0 Å². The number of thioether (sulfide) groups is 1. The Labute approximate surface area is 188 Å². The Hall–Kier alpha value is -3.29. The number of hydrogen-bond donors (Lipinski definition) is 2. The highest BCUT2D eigenvalue weighted by Crippen LogP contribution is 2.26. The van der Waals surface area contributed by atoms with E-state index >= 15 is 0 Å². The van der Waals surface area contributed by atoms with Crippen molar-refractivity contribution < 1.29 is 9.90 Å². The normalized spacial score (nSPS) is 10.7. The van der Waals surface area contributed by atoms with Crippen LogP contribution in [0.3, 0.4) is 0 Å². The number of amides is 1. The zero-order valence-electron chi connectivity index (χ0n) is 16.4. The minimum Gasteiger partial charge on any atom is -0.508 e. The van der Waals surface area contributed by atoms with Gasteiger partial charge in [0.2, 0.25) is 5.91 Å². The summed E-state index contributed by atoms with van der Waals surface area (Å²) in [6, 6.07) is 23.8. The van der Waals surface area contributed by atoms with Crippen molar-refractivity contribution in [2.24, 2.45) is 0 Å². The fraction of sp³-hybridized carbons (Fsp3) is 0.0870. The zero-order valence-corrected chi connectivity index (χ0v) is 18.0. The number of phenols is 1. The Morgan fingerprint density at radius 3 is 2.39 bits per heavy atom. The van der Waals surface area contributed by atoms with E-state index in [0.717, 1.165) is 11.1 Å². The number of benzene rings is 3. The molecule has 0 bridgehead atoms. The van der Waals surface area contributed by atoms with Gasteiger partial charge in [-0.25, -0.2) is 0 Å². The summed E-state index contributed by atoms with van der Waals surface area (Å²) >= 11 is 7.20. The molecule has 0 saturated heterocycles. The van der Waals surface area contributed by atoms with Crippen LogP contribution in [0.25, 0.3) is 11.4 Å². The topological polar surface area (TPSA) is 80.0 Å². The van der Waals surface area contributed by atoms with Gasteiger partial charge in [0, 0.05) is 16.3 Å². The third kappa shape index (κ3) is 5.45. The van der Waals surface area contributed by atoms with Gasteiger partial charge in [0.25, 0.3) is 0 Å². The fourth-order valence-electron chi connectivity index (χ4n) is 2.99. The molecular formula is C23H19ClN4O2S. The van der Waals surface area contributed by atoms with Gasteiger partial charge in [0.1, 0.15) is 5.75 Å². The van der Waals surface area contributed by atoms with E-state index in [2.05, 4.69) is 15.5 Å². The first-order valence-electron chi connectivity index (χ1n) is 9.53. The van der Waals surface area contributed by atoms with Crippen LogP contribution in [0.5, 0.6) is 5.75 Å². The first-order valence-corrected chi connectivity index (χ1v) is 10.9. The molecule has 0 aliphatic carbocycles. The number of aromatic nitrogens is 3. The number of carbonyl (C=O) groups excluding carboxylic acids is 1. The lowest BCUT2D eigenvalue weighted by Gasteiger charge is -2.11. The molecule has 0 spiro atoms. The number of phenolic OH excluding ortho intramolecular Hbond substituents is 1. The molecule has 0 unspecified atom stereocenters. The molecule has 0 aliphatic rings. The molecule has 0 atom stereocenters. The quantitative estimate of drug-likeness (QED) is 0.384. The van der Waals surface area contributed by atoms with Crippen molar-refractivity contribution in [2.75, 3.05) is 11.1 Å². The first-order chi connectivity index (χ1) is 15.1. The van der Waals surface area contributed by atoms with E-state index in [9.17, 15) is 9.90 Å². The van der Waals surface area contributed by atoms with Gasteiger partial charge in [-0.05, 0) is 54.1 Å². The molecule has 0 saturated carbocycles. The monoisotopic (exact) mass is 450 g/mol. The van der Waals surface area contributed by atoms with Crippen molar-refractivity contribution in [3.63, 3.8) is 0 Å². The van der Waals surface area contributed by atoms with Crippen LogP contribution < -0.4 is 5.32 Å². The molecule has 0 fully saturated rings. The fourth-order valence-corrected chi connectivity index (χ4v) is 3.85. The molecule has 4 rings (SSSR count). The van der Waals surface area contributed by atoms with Crippen LogP contribution in [-0.2, 0) is 11.3 Å². The van der Waals surface area contributed by atoms with E-state index in [4.69, 9.17) is 11.6 Å². The van der Waals surface area contributed by atoms with Gasteiger partial charge in [0.15, 0.2) is 11.0 Å². The van der Waals surface area contributed by atoms with Crippen LogP contribution in [0.4, 0.5) is 5.69 Å². The van der Waals surface area contributed by atoms with Crippen LogP contribution in [0.1, 0.15) is 5.56 Å². The maximum atomic E-state index is 12.4. The Kier molecular flexibility index (Phi) is 6.54. The van der Waals surface area contributed by atoms with Crippen LogP contribution >= 0.6 is 23.4 Å². The number of nitrogens with zero attached hydrogens (tertiary/aromatic N) is 3. The molecule has 2 N–H and O–H groups in total. The summed E-state index contributed by atoms with van der Waals surface area (Å²) in [5, 5.41) is 22.4. The van der Waals surface area contributed by atoms with Gasteiger partial charge in [-0.15, -0.1) is 10.2 Å². The second kappa shape index (κ2) is 9.68. The maximum absolute atomic E-state index is 12.4. The summed E-state index contributed by atoms with van der Waals surface area (Å²) in [5.74, 6) is 0.897. The standard InChI is InChI=1S/C23H19ClN4O2S/c24-18-8-10-19(11-9-18)25-21(30)15-31-23-27-26-22(17-6-12-20(29)13-7-17)28(23)14-16-4-2-1-3-5-16/h1-13,29H,14-15H2,(H,25,30). The Morgan fingerprint density at radius 2 is 1.68 bits per heavy atom. The molecule has 4 aromatic rings. The summed E-state index contributed by atoms with van der Waals surface area (Å²) in [7, 11) is 0. The van der Waals surface area contributed by atoms with Crippen molar-refractivity contribution in [3.05, 3.63) is 89.4 Å². The highest BCUT2D eigenvalue weighted by atomic mass is 35.5. The zero-order chi connectivity index (χ0) is 21.6. The van der Waals surface area contributed by atoms with E-state index < -0.39 is 0 Å². The molecule has 0 radical (unpaired) electrons. The third-order valence-corrected chi connectivity index (χ3v) is 5.70. The molecular weight excluding hydrogens is 432 g/mol. The van der Waals surface area contributed by atoms with Gasteiger partial charge in [-0.3, -0.25) is 9.36 Å². The summed E-state index contributed by atoms with van der Waals surface area (Å²) < 4.78 is 1.97. The lowest BCUT2D eigenvalue weighted by molar-refractivity contribution is -0.113. The summed E-state index contributed by atoms with van der Waals surface area (Å²) in [6.07, 6.45) is 0. The maximum Gasteiger partial charge on any atom is 0.234 e. The van der Waals surface area contributed by atoms with Crippen molar-refractivity contribution in [1.29, 1.82) is 0 Å². The molecule has 31 heavy (non-hydrogen) atoms. The molecule has 8 heteroatoms. The summed E-state index contributed by atoms with van der Waals surface area (Å²) in [5.41, 5.74) is 2.61. The van der Waals surface area contributed by atoms with Crippen molar-refractivity contribution in [2.45, 2.75) is 11.7 Å². The summed E-state index contributed by atoms with van der Waals surface area (Å²) in [4.78, 5) is 12.4. The number of rotatable bonds is 7. The number of nitrogens with one attached hydrogen (secondary N) is 1. The minimum absolute atomic E-state index is 0.146. The number of aromatic hydroxyl groups is 1. The SMILES string of the molecule is O=C(CSc1nnc(-c2ccc(O)cc2)n1Cc1ccccc1)Nc1ccc(Cl)cc1. The number of hydrogen-bond acceptors (Lipinski definition) is 5. The van der Waals surface area contributed by atoms with E-state index in [1.54, 1.807) is 48.5 Å². The average Bonchev–Trinajstić information content (AvgIpc) is 3.17. The highest BCUT2D eigenvalue weighted by Gasteiger charge is 2.16. The smallest absolute Gasteiger partial charge is 0.234 e. The van der Waals surface area contributed by atoms with E-state index in [-0.39, 0.29) is 17.4 Å². The number of carbonyl (C=O) groups is 1. The second-order valence-corrected chi connectivity index (χ2v) is 8.15. The molecule has 156 valence electrons. The van der Waals surface area contributed by atoms with Crippen LogP contribution in [0.15, 0.2) is 84.0 Å². The van der Waals surface area contributed by atoms with E-state index in [1.165, 1.54) is 11.8 Å². The Bertz CT molecular complexity index is 1160. The summed E-state index contributed by atoms with van der Waals surface area (Å²) in [6.45, 7) is 0.561. The largest absolute Gasteiger partial charge is 0.508 e. The molecule has 3 aromatic carbocycles. The lowest BCUT2D eigenvalue weighted by atomic mass is 10.2. The van der Waals surface area contributed by atoms with Crippen molar-refractivity contribution in [1.82, 2.24) is 14.8 Å². The highest BCUT2D eigenvalue weighted by molar-refractivity contribution is 7.99. The second-order valence-electron chi connectivity index (χ2n) is 6.77. The lowest BCUT2D eigenvalue weighted by Crippen LogP contribution is -2.14. The number of anilines is 1. The van der Waals surface area contributed by atoms with Gasteiger partial charge in [-0.1, -0.05) is 53.7 Å². The van der Waals surface area contributed by atoms with E-state index in [0.29, 0.717) is 28.2 Å². The third-order valence-electron chi connectivity index (χ3n) is 4.49. The minimum atomic E-state index is -0.146. The first kappa shape index (κ1) is 21.0. The number of halogens is 1. The van der Waals surface area contributed by atoms with Crippen LogP contribution in [-0.4, -0.2) is 31.5 Å². The molecule has 1 aromatic heterocycles. The van der Waals surface area contributed by atoms with Crippen LogP contribution in [0, 0.1) is 0 Å².